The Morgan fingerprint density at radius 3 is 2.59 bits per heavy atom. The topological polar surface area (TPSA) is 66.0 Å². The number of amides is 2. The molecule has 0 aliphatic carbocycles. The van der Waals surface area contributed by atoms with Gasteiger partial charge in [-0.15, -0.1) is 0 Å². The van der Waals surface area contributed by atoms with Crippen molar-refractivity contribution in [2.24, 2.45) is 0 Å². The van der Waals surface area contributed by atoms with Gasteiger partial charge in [-0.1, -0.05) is 6.07 Å². The Balaban J connectivity index is 1.67. The molecule has 2 amide bonds. The van der Waals surface area contributed by atoms with Gasteiger partial charge in [0.1, 0.15) is 5.75 Å². The third-order valence-electron chi connectivity index (χ3n) is 5.46. The molecule has 3 heterocycles. The van der Waals surface area contributed by atoms with Crippen LogP contribution in [0.4, 0.5) is 5.69 Å². The Labute approximate surface area is 170 Å². The van der Waals surface area contributed by atoms with E-state index in [1.807, 2.05) is 23.1 Å². The van der Waals surface area contributed by atoms with Crippen molar-refractivity contribution in [3.8, 4) is 5.75 Å². The zero-order valence-electron chi connectivity index (χ0n) is 17.1. The molecule has 4 rings (SSSR count). The maximum atomic E-state index is 13.1. The molecule has 0 spiro atoms. The van der Waals surface area contributed by atoms with E-state index < -0.39 is 5.60 Å². The summed E-state index contributed by atoms with van der Waals surface area (Å²) in [6, 6.07) is 11.0. The standard InChI is InChI=1S/C22H26N4O3/c1-22(2)21(28)26(15-17-6-4-5-9-23-17)18-14-16(7-8-19(18)29-22)20(27)25-12-10-24(3)11-13-25/h4-9,14H,10-13,15H2,1-3H3. The zero-order chi connectivity index (χ0) is 20.6. The van der Waals surface area contributed by atoms with Crippen LogP contribution >= 0.6 is 0 Å². The molecule has 1 fully saturated rings. The number of carbonyl (C=O) groups is 2. The van der Waals surface area contributed by atoms with Crippen molar-refractivity contribution in [2.75, 3.05) is 38.1 Å². The zero-order valence-corrected chi connectivity index (χ0v) is 17.1. The molecule has 0 unspecified atom stereocenters. The Bertz CT molecular complexity index is 921. The molecular weight excluding hydrogens is 368 g/mol. The first-order chi connectivity index (χ1) is 13.8. The van der Waals surface area contributed by atoms with Crippen molar-refractivity contribution in [3.63, 3.8) is 0 Å². The molecule has 1 aromatic carbocycles. The van der Waals surface area contributed by atoms with E-state index in [2.05, 4.69) is 16.9 Å². The Morgan fingerprint density at radius 1 is 1.14 bits per heavy atom. The number of hydrogen-bond acceptors (Lipinski definition) is 5. The fourth-order valence-corrected chi connectivity index (χ4v) is 3.70. The van der Waals surface area contributed by atoms with Gasteiger partial charge in [-0.3, -0.25) is 19.5 Å². The molecule has 1 saturated heterocycles. The number of nitrogens with zero attached hydrogens (tertiary/aromatic N) is 4. The normalized spacial score (nSPS) is 18.9. The summed E-state index contributed by atoms with van der Waals surface area (Å²) >= 11 is 0. The number of anilines is 1. The third-order valence-corrected chi connectivity index (χ3v) is 5.46. The quantitative estimate of drug-likeness (QED) is 0.798. The maximum Gasteiger partial charge on any atom is 0.271 e. The van der Waals surface area contributed by atoms with Crippen molar-refractivity contribution >= 4 is 17.5 Å². The monoisotopic (exact) mass is 394 g/mol. The molecule has 2 aliphatic rings. The van der Waals surface area contributed by atoms with Gasteiger partial charge in [-0.2, -0.15) is 0 Å². The number of hydrogen-bond donors (Lipinski definition) is 0. The highest BCUT2D eigenvalue weighted by Gasteiger charge is 2.41. The van der Waals surface area contributed by atoms with E-state index in [4.69, 9.17) is 4.74 Å². The molecule has 0 N–H and O–H groups in total. The number of likely N-dealkylation sites (N-methyl/N-ethyl adjacent to an activating group) is 1. The second-order valence-electron chi connectivity index (χ2n) is 8.10. The van der Waals surface area contributed by atoms with Gasteiger partial charge in [0.25, 0.3) is 11.8 Å². The number of rotatable bonds is 3. The van der Waals surface area contributed by atoms with Crippen molar-refractivity contribution in [2.45, 2.75) is 26.0 Å². The van der Waals surface area contributed by atoms with E-state index in [0.717, 1.165) is 18.8 Å². The average molecular weight is 394 g/mol. The van der Waals surface area contributed by atoms with Crippen LogP contribution < -0.4 is 9.64 Å². The van der Waals surface area contributed by atoms with Crippen LogP contribution in [0.25, 0.3) is 0 Å². The van der Waals surface area contributed by atoms with E-state index in [1.165, 1.54) is 0 Å². The number of aromatic nitrogens is 1. The predicted molar refractivity (Wildman–Crippen MR) is 110 cm³/mol. The molecule has 7 nitrogen and oxygen atoms in total. The lowest BCUT2D eigenvalue weighted by atomic mass is 10.0. The van der Waals surface area contributed by atoms with Crippen molar-refractivity contribution in [1.82, 2.24) is 14.8 Å². The molecule has 0 atom stereocenters. The highest BCUT2D eigenvalue weighted by molar-refractivity contribution is 6.04. The lowest BCUT2D eigenvalue weighted by Gasteiger charge is -2.39. The SMILES string of the molecule is CN1CCN(C(=O)c2ccc3c(c2)N(Cc2ccccn2)C(=O)C(C)(C)O3)CC1. The highest BCUT2D eigenvalue weighted by Crippen LogP contribution is 2.39. The van der Waals surface area contributed by atoms with E-state index in [9.17, 15) is 9.59 Å². The molecule has 2 aromatic rings. The van der Waals surface area contributed by atoms with Gasteiger partial charge in [0.2, 0.25) is 0 Å². The van der Waals surface area contributed by atoms with E-state index in [-0.39, 0.29) is 11.8 Å². The van der Waals surface area contributed by atoms with Gasteiger partial charge < -0.3 is 14.5 Å². The van der Waals surface area contributed by atoms with Crippen LogP contribution in [0.1, 0.15) is 29.9 Å². The van der Waals surface area contributed by atoms with Crippen LogP contribution in [0.15, 0.2) is 42.6 Å². The summed E-state index contributed by atoms with van der Waals surface area (Å²) in [4.78, 5) is 36.2. The van der Waals surface area contributed by atoms with Crippen molar-refractivity contribution in [1.29, 1.82) is 0 Å². The van der Waals surface area contributed by atoms with Crippen LogP contribution in [0.2, 0.25) is 0 Å². The van der Waals surface area contributed by atoms with Gasteiger partial charge in [0.15, 0.2) is 5.60 Å². The molecule has 29 heavy (non-hydrogen) atoms. The Kier molecular flexibility index (Phi) is 5.00. The minimum Gasteiger partial charge on any atom is -0.476 e. The van der Waals surface area contributed by atoms with Crippen LogP contribution in [-0.4, -0.2) is 65.4 Å². The van der Waals surface area contributed by atoms with Gasteiger partial charge >= 0.3 is 0 Å². The molecule has 1 aromatic heterocycles. The molecule has 0 radical (unpaired) electrons. The van der Waals surface area contributed by atoms with Gasteiger partial charge in [0.05, 0.1) is 17.9 Å². The first-order valence-electron chi connectivity index (χ1n) is 9.88. The smallest absolute Gasteiger partial charge is 0.271 e. The predicted octanol–water partition coefficient (Wildman–Crippen LogP) is 2.17. The summed E-state index contributed by atoms with van der Waals surface area (Å²) < 4.78 is 5.95. The Hall–Kier alpha value is -2.93. The number of fused-ring (bicyclic) bond motifs is 1. The van der Waals surface area contributed by atoms with Crippen molar-refractivity contribution < 1.29 is 14.3 Å². The second-order valence-corrected chi connectivity index (χ2v) is 8.10. The Morgan fingerprint density at radius 2 is 1.90 bits per heavy atom. The number of pyridine rings is 1. The second kappa shape index (κ2) is 7.48. The minimum absolute atomic E-state index is 0.0176. The molecule has 2 aliphatic heterocycles. The van der Waals surface area contributed by atoms with Crippen LogP contribution in [-0.2, 0) is 11.3 Å². The average Bonchev–Trinajstić information content (AvgIpc) is 2.72. The van der Waals surface area contributed by atoms with Crippen LogP contribution in [0.3, 0.4) is 0 Å². The maximum absolute atomic E-state index is 13.1. The minimum atomic E-state index is -0.981. The fraction of sp³-hybridized carbons (Fsp3) is 0.409. The first kappa shape index (κ1) is 19.4. The van der Waals surface area contributed by atoms with Crippen LogP contribution in [0, 0.1) is 0 Å². The van der Waals surface area contributed by atoms with Crippen molar-refractivity contribution in [3.05, 3.63) is 53.9 Å². The lowest BCUT2D eigenvalue weighted by Crippen LogP contribution is -2.52. The number of piperazine rings is 1. The molecular formula is C22H26N4O3. The summed E-state index contributed by atoms with van der Waals surface area (Å²) in [5, 5.41) is 0. The first-order valence-corrected chi connectivity index (χ1v) is 9.88. The van der Waals surface area contributed by atoms with Gasteiger partial charge in [-0.25, -0.2) is 0 Å². The van der Waals surface area contributed by atoms with E-state index in [0.29, 0.717) is 36.6 Å². The largest absolute Gasteiger partial charge is 0.476 e. The number of benzene rings is 1. The molecule has 7 heteroatoms. The fourth-order valence-electron chi connectivity index (χ4n) is 3.70. The third kappa shape index (κ3) is 3.82. The lowest BCUT2D eigenvalue weighted by molar-refractivity contribution is -0.132. The number of carbonyl (C=O) groups excluding carboxylic acids is 2. The summed E-state index contributed by atoms with van der Waals surface area (Å²) in [5.41, 5.74) is 0.973. The summed E-state index contributed by atoms with van der Waals surface area (Å²) in [6.07, 6.45) is 1.71. The highest BCUT2D eigenvalue weighted by atomic mass is 16.5. The molecule has 0 bridgehead atoms. The summed E-state index contributed by atoms with van der Waals surface area (Å²) in [7, 11) is 2.06. The van der Waals surface area contributed by atoms with Gasteiger partial charge in [0, 0.05) is 37.9 Å². The number of ether oxygens (including phenoxy) is 1. The van der Waals surface area contributed by atoms with Gasteiger partial charge in [-0.05, 0) is 51.2 Å². The van der Waals surface area contributed by atoms with Crippen LogP contribution in [0.5, 0.6) is 5.75 Å². The molecule has 152 valence electrons. The van der Waals surface area contributed by atoms with E-state index in [1.54, 1.807) is 43.1 Å². The summed E-state index contributed by atoms with van der Waals surface area (Å²) in [5.74, 6) is 0.427. The van der Waals surface area contributed by atoms with E-state index >= 15 is 0 Å². The molecule has 0 saturated carbocycles. The summed E-state index contributed by atoms with van der Waals surface area (Å²) in [6.45, 7) is 6.96.